The third kappa shape index (κ3) is 2.87. The quantitative estimate of drug-likeness (QED) is 0.526. The van der Waals surface area contributed by atoms with E-state index in [1.165, 1.54) is 17.7 Å². The number of hydrogen-bond donors (Lipinski definition) is 4. The summed E-state index contributed by atoms with van der Waals surface area (Å²) in [5.41, 5.74) is 1.73. The van der Waals surface area contributed by atoms with Gasteiger partial charge in [0.05, 0.1) is 6.10 Å². The Hall–Kier alpha value is -3.14. The number of anilines is 3. The van der Waals surface area contributed by atoms with Gasteiger partial charge in [-0.25, -0.2) is 4.79 Å². The molecule has 3 aromatic heterocycles. The van der Waals surface area contributed by atoms with Crippen LogP contribution in [0.15, 0.2) is 24.4 Å². The second kappa shape index (κ2) is 5.95. The van der Waals surface area contributed by atoms with E-state index in [1.54, 1.807) is 4.40 Å². The predicted octanol–water partition coefficient (Wildman–Crippen LogP) is 1.10. The molecule has 2 atom stereocenters. The zero-order valence-corrected chi connectivity index (χ0v) is 14.4. The summed E-state index contributed by atoms with van der Waals surface area (Å²) in [4.78, 5) is 22.1. The highest BCUT2D eigenvalue weighted by Gasteiger charge is 2.38. The lowest BCUT2D eigenvalue weighted by Gasteiger charge is -2.21. The number of nitrogens with zero attached hydrogens (tertiary/aromatic N) is 5. The van der Waals surface area contributed by atoms with Crippen LogP contribution in [-0.4, -0.2) is 59.4 Å². The number of aliphatic carboxylic acids is 1. The molecule has 4 heterocycles. The average Bonchev–Trinajstić information content (AvgIpc) is 3.05. The highest BCUT2D eigenvalue weighted by atomic mass is 16.4. The van der Waals surface area contributed by atoms with Gasteiger partial charge in [0.25, 0.3) is 0 Å². The topological polar surface area (TPSA) is 132 Å². The van der Waals surface area contributed by atoms with Gasteiger partial charge in [0.2, 0.25) is 11.9 Å². The Morgan fingerprint density at radius 3 is 2.96 bits per heavy atom. The fourth-order valence-corrected chi connectivity index (χ4v) is 3.52. The number of carbonyl (C=O) groups is 1. The van der Waals surface area contributed by atoms with Gasteiger partial charge in [0.1, 0.15) is 11.7 Å². The number of hydrogen-bond acceptors (Lipinski definition) is 7. The van der Waals surface area contributed by atoms with E-state index in [4.69, 9.17) is 0 Å². The van der Waals surface area contributed by atoms with Gasteiger partial charge in [-0.3, -0.25) is 9.50 Å². The van der Waals surface area contributed by atoms with E-state index in [0.29, 0.717) is 23.3 Å². The molecule has 4 N–H and O–H groups in total. The maximum Gasteiger partial charge on any atom is 0.326 e. The first kappa shape index (κ1) is 16.1. The van der Waals surface area contributed by atoms with Crippen LogP contribution in [0.25, 0.3) is 5.65 Å². The second-order valence-corrected chi connectivity index (χ2v) is 7.09. The first-order chi connectivity index (χ1) is 13.1. The first-order valence-electron chi connectivity index (χ1n) is 8.93. The van der Waals surface area contributed by atoms with Gasteiger partial charge in [0, 0.05) is 36.8 Å². The van der Waals surface area contributed by atoms with E-state index >= 15 is 0 Å². The van der Waals surface area contributed by atoms with Gasteiger partial charge in [-0.2, -0.15) is 15.1 Å². The Morgan fingerprint density at radius 2 is 2.19 bits per heavy atom. The molecule has 2 aliphatic rings. The minimum atomic E-state index is -0.999. The lowest BCUT2D eigenvalue weighted by molar-refractivity contribution is -0.138. The molecule has 1 aliphatic carbocycles. The van der Waals surface area contributed by atoms with Crippen molar-refractivity contribution in [1.82, 2.24) is 24.6 Å². The molecule has 10 nitrogen and oxygen atoms in total. The number of fused-ring (bicyclic) bond motifs is 1. The van der Waals surface area contributed by atoms with E-state index in [1.807, 2.05) is 24.4 Å². The van der Waals surface area contributed by atoms with Crippen molar-refractivity contribution in [2.24, 2.45) is 0 Å². The van der Waals surface area contributed by atoms with Crippen molar-refractivity contribution >= 4 is 29.3 Å². The third-order valence-electron chi connectivity index (χ3n) is 5.05. The van der Waals surface area contributed by atoms with Gasteiger partial charge < -0.3 is 20.4 Å². The number of nitrogens with one attached hydrogen (secondary N) is 2. The van der Waals surface area contributed by atoms with Crippen molar-refractivity contribution in [2.45, 2.75) is 37.3 Å². The number of H-pyrrole nitrogens is 1. The van der Waals surface area contributed by atoms with E-state index in [2.05, 4.69) is 25.5 Å². The summed E-state index contributed by atoms with van der Waals surface area (Å²) in [6, 6.07) is 4.78. The molecular weight excluding hydrogens is 350 g/mol. The molecule has 1 aliphatic heterocycles. The standard InChI is InChI=1S/C17H19N7O3/c25-10-6-12(15(26)27)24(8-10)17-19-14-2-1-5-23(14)16(20-17)18-13-7-11(21-22-13)9-3-4-9/h1-2,5,7,9-10,12,25H,3-4,6,8H2,(H,26,27)(H2,18,19,20,21,22). The highest BCUT2D eigenvalue weighted by molar-refractivity contribution is 5.78. The minimum absolute atomic E-state index is 0.151. The molecule has 2 fully saturated rings. The van der Waals surface area contributed by atoms with Crippen LogP contribution in [0.1, 0.15) is 30.9 Å². The third-order valence-corrected chi connectivity index (χ3v) is 5.05. The molecule has 27 heavy (non-hydrogen) atoms. The van der Waals surface area contributed by atoms with Crippen LogP contribution >= 0.6 is 0 Å². The molecule has 140 valence electrons. The van der Waals surface area contributed by atoms with Crippen LogP contribution in [0.3, 0.4) is 0 Å². The van der Waals surface area contributed by atoms with Gasteiger partial charge in [-0.15, -0.1) is 0 Å². The summed E-state index contributed by atoms with van der Waals surface area (Å²) in [6.07, 6.45) is 3.60. The van der Waals surface area contributed by atoms with Gasteiger partial charge in [-0.1, -0.05) is 0 Å². The second-order valence-electron chi connectivity index (χ2n) is 7.09. The van der Waals surface area contributed by atoms with E-state index in [9.17, 15) is 15.0 Å². The summed E-state index contributed by atoms with van der Waals surface area (Å²) >= 11 is 0. The smallest absolute Gasteiger partial charge is 0.326 e. The summed E-state index contributed by atoms with van der Waals surface area (Å²) in [7, 11) is 0. The first-order valence-corrected chi connectivity index (χ1v) is 8.93. The van der Waals surface area contributed by atoms with Crippen molar-refractivity contribution in [3.05, 3.63) is 30.1 Å². The van der Waals surface area contributed by atoms with Crippen molar-refractivity contribution in [1.29, 1.82) is 0 Å². The number of aromatic nitrogens is 5. The fraction of sp³-hybridized carbons (Fsp3) is 0.412. The van der Waals surface area contributed by atoms with Crippen molar-refractivity contribution in [3.8, 4) is 0 Å². The molecule has 10 heteroatoms. The zero-order valence-electron chi connectivity index (χ0n) is 14.4. The summed E-state index contributed by atoms with van der Waals surface area (Å²) in [6.45, 7) is 0.182. The number of carboxylic acids is 1. The number of β-amino-alcohol motifs (C(OH)–C–C–N with tert-alkyl or cyclic N) is 1. The van der Waals surface area contributed by atoms with Crippen LogP contribution < -0.4 is 10.2 Å². The summed E-state index contributed by atoms with van der Waals surface area (Å²) in [5, 5.41) is 29.9. The van der Waals surface area contributed by atoms with Gasteiger partial charge >= 0.3 is 5.97 Å². The van der Waals surface area contributed by atoms with E-state index in [-0.39, 0.29) is 18.9 Å². The fourth-order valence-electron chi connectivity index (χ4n) is 3.52. The van der Waals surface area contributed by atoms with Crippen molar-refractivity contribution in [2.75, 3.05) is 16.8 Å². The van der Waals surface area contributed by atoms with E-state index < -0.39 is 18.1 Å². The molecule has 1 saturated carbocycles. The Labute approximate surface area is 153 Å². The lowest BCUT2D eigenvalue weighted by Crippen LogP contribution is -2.37. The maximum absolute atomic E-state index is 11.5. The molecule has 0 spiro atoms. The number of rotatable bonds is 5. The molecule has 0 aromatic carbocycles. The molecule has 2 unspecified atom stereocenters. The highest BCUT2D eigenvalue weighted by Crippen LogP contribution is 2.39. The molecule has 0 bridgehead atoms. The molecular formula is C17H19N7O3. The van der Waals surface area contributed by atoms with Gasteiger partial charge in [-0.05, 0) is 25.0 Å². The average molecular weight is 369 g/mol. The molecule has 5 rings (SSSR count). The Morgan fingerprint density at radius 1 is 1.33 bits per heavy atom. The number of carboxylic acid groups (broad SMARTS) is 1. The predicted molar refractivity (Wildman–Crippen MR) is 96.2 cm³/mol. The van der Waals surface area contributed by atoms with Gasteiger partial charge in [0.15, 0.2) is 5.82 Å². The van der Waals surface area contributed by atoms with E-state index in [0.717, 1.165) is 5.69 Å². The number of aromatic amines is 1. The number of aliphatic hydroxyl groups is 1. The van der Waals surface area contributed by atoms with Crippen LogP contribution in [0.2, 0.25) is 0 Å². The van der Waals surface area contributed by atoms with Crippen LogP contribution in [0.5, 0.6) is 0 Å². The molecule has 0 amide bonds. The minimum Gasteiger partial charge on any atom is -0.480 e. The largest absolute Gasteiger partial charge is 0.480 e. The Kier molecular flexibility index (Phi) is 3.54. The Bertz CT molecular complexity index is 1010. The SMILES string of the molecule is O=C(O)C1CC(O)CN1c1nc(Nc2cc(C3CC3)[nH]n2)n2cccc2n1. The Balaban J connectivity index is 1.51. The summed E-state index contributed by atoms with van der Waals surface area (Å²) in [5.74, 6) is 0.960. The summed E-state index contributed by atoms with van der Waals surface area (Å²) < 4.78 is 1.78. The normalized spacial score (nSPS) is 22.5. The maximum atomic E-state index is 11.5. The monoisotopic (exact) mass is 369 g/mol. The van der Waals surface area contributed by atoms with Crippen molar-refractivity contribution < 1.29 is 15.0 Å². The number of aliphatic hydroxyl groups excluding tert-OH is 1. The van der Waals surface area contributed by atoms with Crippen molar-refractivity contribution in [3.63, 3.8) is 0 Å². The molecule has 3 aromatic rings. The van der Waals surface area contributed by atoms with Crippen LogP contribution in [0.4, 0.5) is 17.7 Å². The van der Waals surface area contributed by atoms with Crippen LogP contribution in [0, 0.1) is 0 Å². The molecule has 1 saturated heterocycles. The lowest BCUT2D eigenvalue weighted by atomic mass is 10.2. The molecule has 0 radical (unpaired) electrons. The van der Waals surface area contributed by atoms with Crippen LogP contribution in [-0.2, 0) is 4.79 Å². The zero-order chi connectivity index (χ0) is 18.5.